The minimum atomic E-state index is -0.0882. The van der Waals surface area contributed by atoms with Crippen LogP contribution in [0.25, 0.3) is 0 Å². The molecular weight excluding hydrogens is 340 g/mol. The molecule has 0 saturated carbocycles. The van der Waals surface area contributed by atoms with E-state index in [1.54, 1.807) is 30.3 Å². The Balaban J connectivity index is 2.52. The Morgan fingerprint density at radius 1 is 1.25 bits per heavy atom. The summed E-state index contributed by atoms with van der Waals surface area (Å²) in [5, 5.41) is 0.587. The van der Waals surface area contributed by atoms with Gasteiger partial charge >= 0.3 is 0 Å². The second-order valence-electron chi connectivity index (χ2n) is 4.32. The number of hydrogen-bond acceptors (Lipinski definition) is 2. The van der Waals surface area contributed by atoms with Gasteiger partial charge in [-0.3, -0.25) is 4.79 Å². The molecule has 0 aliphatic carbocycles. The number of benzene rings is 2. The smallest absolute Gasteiger partial charge is 0.197 e. The molecule has 0 bridgehead atoms. The fourth-order valence-corrected chi connectivity index (χ4v) is 2.50. The van der Waals surface area contributed by atoms with Crippen LogP contribution in [0.1, 0.15) is 28.4 Å². The van der Waals surface area contributed by atoms with Gasteiger partial charge in [-0.1, -0.05) is 39.7 Å². The molecule has 0 fully saturated rings. The maximum atomic E-state index is 12.7. The predicted octanol–water partition coefficient (Wildman–Crippen LogP) is 5.04. The first-order chi connectivity index (χ1) is 9.54. The van der Waals surface area contributed by atoms with Crippen LogP contribution >= 0.6 is 27.5 Å². The van der Waals surface area contributed by atoms with Crippen molar-refractivity contribution in [2.45, 2.75) is 13.8 Å². The fourth-order valence-electron chi connectivity index (χ4n) is 1.96. The molecule has 0 spiro atoms. The highest BCUT2D eigenvalue weighted by Crippen LogP contribution is 2.28. The molecule has 0 aromatic heterocycles. The van der Waals surface area contributed by atoms with Crippen molar-refractivity contribution < 1.29 is 9.53 Å². The number of halogens is 2. The Morgan fingerprint density at radius 3 is 2.70 bits per heavy atom. The summed E-state index contributed by atoms with van der Waals surface area (Å²) in [6, 6.07) is 10.8. The van der Waals surface area contributed by atoms with Gasteiger partial charge in [0.25, 0.3) is 0 Å². The predicted molar refractivity (Wildman–Crippen MR) is 84.9 cm³/mol. The van der Waals surface area contributed by atoms with Crippen LogP contribution in [0, 0.1) is 6.92 Å². The average molecular weight is 354 g/mol. The highest BCUT2D eigenvalue weighted by molar-refractivity contribution is 9.10. The maximum Gasteiger partial charge on any atom is 0.197 e. The molecule has 20 heavy (non-hydrogen) atoms. The fraction of sp³-hybridized carbons (Fsp3) is 0.188. The largest absolute Gasteiger partial charge is 0.493 e. The normalized spacial score (nSPS) is 10.4. The molecule has 0 radical (unpaired) electrons. The summed E-state index contributed by atoms with van der Waals surface area (Å²) in [6.07, 6.45) is 0. The van der Waals surface area contributed by atoms with Crippen molar-refractivity contribution in [3.63, 3.8) is 0 Å². The summed E-state index contributed by atoms with van der Waals surface area (Å²) < 4.78 is 6.37. The van der Waals surface area contributed by atoms with Gasteiger partial charge < -0.3 is 4.74 Å². The van der Waals surface area contributed by atoms with Gasteiger partial charge in [-0.2, -0.15) is 0 Å². The SMILES string of the molecule is CCOc1ccc(Br)cc1C(=O)c1cccc(Cl)c1C. The molecule has 0 heterocycles. The van der Waals surface area contributed by atoms with Crippen LogP contribution in [0.15, 0.2) is 40.9 Å². The average Bonchev–Trinajstić information content (AvgIpc) is 2.43. The van der Waals surface area contributed by atoms with Crippen LogP contribution in [-0.2, 0) is 0 Å². The molecule has 0 aliphatic heterocycles. The second kappa shape index (κ2) is 6.42. The highest BCUT2D eigenvalue weighted by atomic mass is 79.9. The zero-order valence-electron chi connectivity index (χ0n) is 11.2. The summed E-state index contributed by atoms with van der Waals surface area (Å²) in [7, 11) is 0. The Morgan fingerprint density at radius 2 is 2.00 bits per heavy atom. The van der Waals surface area contributed by atoms with Crippen LogP contribution < -0.4 is 4.74 Å². The van der Waals surface area contributed by atoms with Crippen molar-refractivity contribution in [2.24, 2.45) is 0 Å². The van der Waals surface area contributed by atoms with Crippen LogP contribution in [0.3, 0.4) is 0 Å². The zero-order valence-corrected chi connectivity index (χ0v) is 13.6. The zero-order chi connectivity index (χ0) is 14.7. The first kappa shape index (κ1) is 15.1. The summed E-state index contributed by atoms with van der Waals surface area (Å²) in [5.41, 5.74) is 1.91. The van der Waals surface area contributed by atoms with Gasteiger partial charge in [-0.25, -0.2) is 0 Å². The van der Waals surface area contributed by atoms with Crippen molar-refractivity contribution >= 4 is 33.3 Å². The van der Waals surface area contributed by atoms with Gasteiger partial charge in [-0.05, 0) is 43.7 Å². The Labute approximate surface area is 131 Å². The van der Waals surface area contributed by atoms with Gasteiger partial charge in [-0.15, -0.1) is 0 Å². The molecule has 0 atom stereocenters. The van der Waals surface area contributed by atoms with Crippen LogP contribution in [0.5, 0.6) is 5.75 Å². The number of rotatable bonds is 4. The van der Waals surface area contributed by atoms with E-state index in [1.165, 1.54) is 0 Å². The lowest BCUT2D eigenvalue weighted by Gasteiger charge is -2.12. The second-order valence-corrected chi connectivity index (χ2v) is 5.64. The van der Waals surface area contributed by atoms with E-state index in [9.17, 15) is 4.79 Å². The number of carbonyl (C=O) groups excluding carboxylic acids is 1. The van der Waals surface area contributed by atoms with E-state index in [1.807, 2.05) is 19.9 Å². The van der Waals surface area contributed by atoms with Crippen LogP contribution in [-0.4, -0.2) is 12.4 Å². The van der Waals surface area contributed by atoms with Crippen LogP contribution in [0.2, 0.25) is 5.02 Å². The minimum Gasteiger partial charge on any atom is -0.493 e. The van der Waals surface area contributed by atoms with E-state index in [0.29, 0.717) is 28.5 Å². The van der Waals surface area contributed by atoms with Crippen molar-refractivity contribution in [3.8, 4) is 5.75 Å². The maximum absolute atomic E-state index is 12.7. The first-order valence-electron chi connectivity index (χ1n) is 6.26. The molecule has 0 aliphatic rings. The number of hydrogen-bond donors (Lipinski definition) is 0. The van der Waals surface area contributed by atoms with E-state index < -0.39 is 0 Å². The summed E-state index contributed by atoms with van der Waals surface area (Å²) in [4.78, 5) is 12.7. The summed E-state index contributed by atoms with van der Waals surface area (Å²) in [6.45, 7) is 4.24. The molecular formula is C16H14BrClO2. The first-order valence-corrected chi connectivity index (χ1v) is 7.44. The lowest BCUT2D eigenvalue weighted by atomic mass is 9.98. The van der Waals surface area contributed by atoms with E-state index in [2.05, 4.69) is 15.9 Å². The Kier molecular flexibility index (Phi) is 4.84. The lowest BCUT2D eigenvalue weighted by molar-refractivity contribution is 0.103. The molecule has 2 aromatic carbocycles. The van der Waals surface area contributed by atoms with Gasteiger partial charge in [0.2, 0.25) is 0 Å². The van der Waals surface area contributed by atoms with E-state index in [4.69, 9.17) is 16.3 Å². The number of ketones is 1. The minimum absolute atomic E-state index is 0.0882. The molecule has 0 amide bonds. The van der Waals surface area contributed by atoms with Gasteiger partial charge in [0.1, 0.15) is 5.75 Å². The van der Waals surface area contributed by atoms with Gasteiger partial charge in [0.15, 0.2) is 5.78 Å². The monoisotopic (exact) mass is 352 g/mol. The van der Waals surface area contributed by atoms with Crippen LogP contribution in [0.4, 0.5) is 0 Å². The van der Waals surface area contributed by atoms with Gasteiger partial charge in [0.05, 0.1) is 12.2 Å². The van der Waals surface area contributed by atoms with Crippen molar-refractivity contribution in [1.29, 1.82) is 0 Å². The van der Waals surface area contributed by atoms with E-state index in [-0.39, 0.29) is 5.78 Å². The number of ether oxygens (including phenoxy) is 1. The third-order valence-electron chi connectivity index (χ3n) is 3.00. The Hall–Kier alpha value is -1.32. The molecule has 4 heteroatoms. The molecule has 2 rings (SSSR count). The standard InChI is InChI=1S/C16H14BrClO2/c1-3-20-15-8-7-11(17)9-13(15)16(19)12-5-4-6-14(18)10(12)2/h4-9H,3H2,1-2H3. The third kappa shape index (κ3) is 3.05. The highest BCUT2D eigenvalue weighted by Gasteiger charge is 2.18. The third-order valence-corrected chi connectivity index (χ3v) is 3.90. The van der Waals surface area contributed by atoms with Crippen molar-refractivity contribution in [1.82, 2.24) is 0 Å². The summed E-state index contributed by atoms with van der Waals surface area (Å²) in [5.74, 6) is 0.495. The Bertz CT molecular complexity index is 653. The molecule has 104 valence electrons. The summed E-state index contributed by atoms with van der Waals surface area (Å²) >= 11 is 9.47. The molecule has 2 nitrogen and oxygen atoms in total. The molecule has 0 saturated heterocycles. The van der Waals surface area contributed by atoms with E-state index in [0.717, 1.165) is 10.0 Å². The number of carbonyl (C=O) groups is 1. The lowest BCUT2D eigenvalue weighted by Crippen LogP contribution is -2.07. The van der Waals surface area contributed by atoms with Gasteiger partial charge in [0, 0.05) is 15.1 Å². The molecule has 0 N–H and O–H groups in total. The van der Waals surface area contributed by atoms with Crippen molar-refractivity contribution in [2.75, 3.05) is 6.61 Å². The van der Waals surface area contributed by atoms with E-state index >= 15 is 0 Å². The molecule has 2 aromatic rings. The topological polar surface area (TPSA) is 26.3 Å². The van der Waals surface area contributed by atoms with Crippen molar-refractivity contribution in [3.05, 3.63) is 62.6 Å². The quantitative estimate of drug-likeness (QED) is 0.720. The molecule has 0 unspecified atom stereocenters.